The number of hydrogen-bond donors (Lipinski definition) is 2. The van der Waals surface area contributed by atoms with Gasteiger partial charge in [0, 0.05) is 13.5 Å². The molecule has 0 fully saturated rings. The van der Waals surface area contributed by atoms with Gasteiger partial charge in [-0.25, -0.2) is 9.78 Å². The number of oxazole rings is 1. The van der Waals surface area contributed by atoms with E-state index in [1.807, 2.05) is 6.92 Å². The third-order valence-corrected chi connectivity index (χ3v) is 2.79. The van der Waals surface area contributed by atoms with Crippen molar-refractivity contribution in [1.29, 1.82) is 0 Å². The Morgan fingerprint density at radius 3 is 2.89 bits per heavy atom. The van der Waals surface area contributed by atoms with Gasteiger partial charge in [0.2, 0.25) is 5.89 Å². The molecule has 2 aromatic heterocycles. The summed E-state index contributed by atoms with van der Waals surface area (Å²) in [5, 5.41) is 16.3. The molecule has 0 spiro atoms. The second-order valence-electron chi connectivity index (χ2n) is 4.17. The molecular weight excluding hydrogens is 248 g/mol. The highest BCUT2D eigenvalue weighted by Crippen LogP contribution is 2.19. The van der Waals surface area contributed by atoms with Gasteiger partial charge in [0.1, 0.15) is 17.1 Å². The first-order valence-corrected chi connectivity index (χ1v) is 5.97. The number of carboxylic acids is 1. The average Bonchev–Trinajstić information content (AvgIpc) is 2.90. The third-order valence-electron chi connectivity index (χ3n) is 2.79. The predicted molar refractivity (Wildman–Crippen MR) is 68.1 cm³/mol. The van der Waals surface area contributed by atoms with Gasteiger partial charge in [0.25, 0.3) is 0 Å². The molecule has 19 heavy (non-hydrogen) atoms. The van der Waals surface area contributed by atoms with Crippen LogP contribution in [0.1, 0.15) is 34.6 Å². The summed E-state index contributed by atoms with van der Waals surface area (Å²) < 4.78 is 6.95. The van der Waals surface area contributed by atoms with Crippen molar-refractivity contribution in [1.82, 2.24) is 14.8 Å². The lowest BCUT2D eigenvalue weighted by molar-refractivity contribution is 0.0697. The van der Waals surface area contributed by atoms with Crippen LogP contribution in [0.5, 0.6) is 0 Å². The van der Waals surface area contributed by atoms with E-state index in [1.54, 1.807) is 20.2 Å². The summed E-state index contributed by atoms with van der Waals surface area (Å²) in [5.41, 5.74) is 0.643. The van der Waals surface area contributed by atoms with Crippen LogP contribution in [-0.2, 0) is 20.0 Å². The fraction of sp³-hybridized carbons (Fsp3) is 0.417. The molecule has 7 nitrogen and oxygen atoms in total. The number of aryl methyl sites for hydroxylation is 3. The van der Waals surface area contributed by atoms with E-state index in [1.165, 1.54) is 4.68 Å². The molecule has 0 unspecified atom stereocenters. The number of nitrogens with one attached hydrogen (secondary N) is 1. The SMILES string of the molecule is CCc1cnc(CNc2c(C(=O)O)c(C)nn2C)o1. The summed E-state index contributed by atoms with van der Waals surface area (Å²) in [6.07, 6.45) is 2.45. The molecule has 2 rings (SSSR count). The van der Waals surface area contributed by atoms with E-state index < -0.39 is 5.97 Å². The zero-order valence-electron chi connectivity index (χ0n) is 11.1. The quantitative estimate of drug-likeness (QED) is 0.851. The predicted octanol–water partition coefficient (Wildman–Crippen LogP) is 1.59. The summed E-state index contributed by atoms with van der Waals surface area (Å²) in [6, 6.07) is 0. The molecule has 2 N–H and O–H groups in total. The Labute approximate surface area is 110 Å². The Balaban J connectivity index is 2.17. The van der Waals surface area contributed by atoms with Crippen LogP contribution < -0.4 is 5.32 Å². The maximum atomic E-state index is 11.2. The number of aromatic nitrogens is 3. The number of rotatable bonds is 5. The van der Waals surface area contributed by atoms with Gasteiger partial charge in [0.05, 0.1) is 18.4 Å². The van der Waals surface area contributed by atoms with Crippen molar-refractivity contribution >= 4 is 11.8 Å². The van der Waals surface area contributed by atoms with Crippen molar-refractivity contribution < 1.29 is 14.3 Å². The van der Waals surface area contributed by atoms with Gasteiger partial charge < -0.3 is 14.8 Å². The summed E-state index contributed by atoms with van der Waals surface area (Å²) in [7, 11) is 1.69. The van der Waals surface area contributed by atoms with Crippen LogP contribution in [0.3, 0.4) is 0 Å². The largest absolute Gasteiger partial charge is 0.477 e. The Morgan fingerprint density at radius 1 is 1.58 bits per heavy atom. The lowest BCUT2D eigenvalue weighted by Gasteiger charge is -2.05. The number of anilines is 1. The van der Waals surface area contributed by atoms with Crippen molar-refractivity contribution in [3.63, 3.8) is 0 Å². The van der Waals surface area contributed by atoms with Gasteiger partial charge >= 0.3 is 5.97 Å². The fourth-order valence-electron chi connectivity index (χ4n) is 1.87. The summed E-state index contributed by atoms with van der Waals surface area (Å²) in [5.74, 6) is 0.763. The molecule has 0 aliphatic carbocycles. The molecule has 0 saturated carbocycles. The number of hydrogen-bond acceptors (Lipinski definition) is 5. The Bertz CT molecular complexity index is 600. The van der Waals surface area contributed by atoms with Crippen LogP contribution in [0.25, 0.3) is 0 Å². The smallest absolute Gasteiger partial charge is 0.341 e. The molecular formula is C12H16N4O3. The zero-order valence-corrected chi connectivity index (χ0v) is 11.1. The van der Waals surface area contributed by atoms with Crippen molar-refractivity contribution in [2.24, 2.45) is 7.05 Å². The van der Waals surface area contributed by atoms with E-state index in [-0.39, 0.29) is 5.56 Å². The molecule has 102 valence electrons. The maximum Gasteiger partial charge on any atom is 0.341 e. The standard InChI is InChI=1S/C12H16N4O3/c1-4-8-5-13-9(19-8)6-14-11-10(12(17)18)7(2)15-16(11)3/h5,14H,4,6H2,1-3H3,(H,17,18). The van der Waals surface area contributed by atoms with Crippen molar-refractivity contribution in [3.8, 4) is 0 Å². The van der Waals surface area contributed by atoms with Crippen LogP contribution in [0, 0.1) is 6.92 Å². The highest BCUT2D eigenvalue weighted by molar-refractivity contribution is 5.94. The first kappa shape index (κ1) is 13.1. The molecule has 0 aliphatic rings. The second kappa shape index (κ2) is 5.13. The van der Waals surface area contributed by atoms with E-state index in [0.29, 0.717) is 23.9 Å². The Morgan fingerprint density at radius 2 is 2.32 bits per heavy atom. The first-order valence-electron chi connectivity index (χ1n) is 5.97. The van der Waals surface area contributed by atoms with E-state index >= 15 is 0 Å². The number of nitrogens with zero attached hydrogens (tertiary/aromatic N) is 3. The minimum atomic E-state index is -1.00. The van der Waals surface area contributed by atoms with Gasteiger partial charge in [-0.15, -0.1) is 0 Å². The third kappa shape index (κ3) is 2.59. The van der Waals surface area contributed by atoms with Gasteiger partial charge in [-0.1, -0.05) is 6.92 Å². The zero-order chi connectivity index (χ0) is 14.0. The lowest BCUT2D eigenvalue weighted by Crippen LogP contribution is -2.09. The van der Waals surface area contributed by atoms with Gasteiger partial charge in [-0.05, 0) is 6.92 Å². The molecule has 7 heteroatoms. The van der Waals surface area contributed by atoms with Crippen molar-refractivity contribution in [2.75, 3.05) is 5.32 Å². The molecule has 2 aromatic rings. The van der Waals surface area contributed by atoms with Crippen LogP contribution >= 0.6 is 0 Å². The molecule has 0 amide bonds. The van der Waals surface area contributed by atoms with E-state index in [0.717, 1.165) is 12.2 Å². The highest BCUT2D eigenvalue weighted by atomic mass is 16.4. The van der Waals surface area contributed by atoms with Gasteiger partial charge in [-0.3, -0.25) is 4.68 Å². The Kier molecular flexibility index (Phi) is 3.55. The molecule has 0 aliphatic heterocycles. The molecule has 0 radical (unpaired) electrons. The fourth-order valence-corrected chi connectivity index (χ4v) is 1.87. The number of aromatic carboxylic acids is 1. The van der Waals surface area contributed by atoms with E-state index in [9.17, 15) is 4.79 Å². The molecule has 2 heterocycles. The lowest BCUT2D eigenvalue weighted by atomic mass is 10.2. The molecule has 0 saturated heterocycles. The summed E-state index contributed by atoms with van der Waals surface area (Å²) in [4.78, 5) is 15.3. The van der Waals surface area contributed by atoms with Crippen LogP contribution in [0.15, 0.2) is 10.6 Å². The van der Waals surface area contributed by atoms with Gasteiger partial charge in [-0.2, -0.15) is 5.10 Å². The molecule has 0 aromatic carbocycles. The average molecular weight is 264 g/mol. The van der Waals surface area contributed by atoms with Crippen molar-refractivity contribution in [2.45, 2.75) is 26.8 Å². The van der Waals surface area contributed by atoms with Crippen molar-refractivity contribution in [3.05, 3.63) is 29.1 Å². The topological polar surface area (TPSA) is 93.2 Å². The minimum Gasteiger partial charge on any atom is -0.477 e. The normalized spacial score (nSPS) is 10.7. The number of carbonyl (C=O) groups is 1. The number of carboxylic acid groups (broad SMARTS) is 1. The molecule has 0 bridgehead atoms. The van der Waals surface area contributed by atoms with Crippen LogP contribution in [0.2, 0.25) is 0 Å². The van der Waals surface area contributed by atoms with Crippen LogP contribution in [-0.4, -0.2) is 25.8 Å². The summed E-state index contributed by atoms with van der Waals surface area (Å²) in [6.45, 7) is 3.96. The van der Waals surface area contributed by atoms with Crippen LogP contribution in [0.4, 0.5) is 5.82 Å². The monoisotopic (exact) mass is 264 g/mol. The minimum absolute atomic E-state index is 0.171. The first-order chi connectivity index (χ1) is 9.02. The maximum absolute atomic E-state index is 11.2. The summed E-state index contributed by atoms with van der Waals surface area (Å²) >= 11 is 0. The molecule has 0 atom stereocenters. The highest BCUT2D eigenvalue weighted by Gasteiger charge is 2.19. The van der Waals surface area contributed by atoms with E-state index in [4.69, 9.17) is 9.52 Å². The van der Waals surface area contributed by atoms with Gasteiger partial charge in [0.15, 0.2) is 0 Å². The second-order valence-corrected chi connectivity index (χ2v) is 4.17. The van der Waals surface area contributed by atoms with E-state index in [2.05, 4.69) is 15.4 Å². The Hall–Kier alpha value is -2.31.